The molecule has 1 heterocycles. The molecule has 0 radical (unpaired) electrons. The minimum absolute atomic E-state index is 0.0299. The summed E-state index contributed by atoms with van der Waals surface area (Å²) in [6.07, 6.45) is 3.35. The Morgan fingerprint density at radius 1 is 1.44 bits per heavy atom. The van der Waals surface area contributed by atoms with Gasteiger partial charge in [0.05, 0.1) is 12.6 Å². The topological polar surface area (TPSA) is 71.2 Å². The van der Waals surface area contributed by atoms with E-state index in [1.165, 1.54) is 17.7 Å². The van der Waals surface area contributed by atoms with Gasteiger partial charge in [-0.25, -0.2) is 4.98 Å². The van der Waals surface area contributed by atoms with Crippen molar-refractivity contribution >= 4 is 5.82 Å². The van der Waals surface area contributed by atoms with E-state index in [1.54, 1.807) is 0 Å². The Labute approximate surface area is 109 Å². The Balaban J connectivity index is 2.26. The first-order chi connectivity index (χ1) is 8.65. The second-order valence-electron chi connectivity index (χ2n) is 5.34. The van der Waals surface area contributed by atoms with Gasteiger partial charge in [-0.15, -0.1) is 0 Å². The molecule has 0 aromatic carbocycles. The molecule has 1 aliphatic rings. The van der Waals surface area contributed by atoms with Crippen LogP contribution in [-0.2, 0) is 19.4 Å². The van der Waals surface area contributed by atoms with Crippen molar-refractivity contribution in [1.82, 2.24) is 4.98 Å². The predicted molar refractivity (Wildman–Crippen MR) is 73.5 cm³/mol. The molecule has 1 atom stereocenters. The average molecular weight is 249 g/mol. The van der Waals surface area contributed by atoms with Crippen LogP contribution in [-0.4, -0.2) is 22.7 Å². The molecule has 1 unspecified atom stereocenters. The molecule has 1 aliphatic carbocycles. The van der Waals surface area contributed by atoms with Crippen LogP contribution in [0.4, 0.5) is 5.82 Å². The van der Waals surface area contributed by atoms with Crippen LogP contribution in [0.1, 0.15) is 37.1 Å². The molecule has 4 heteroatoms. The second kappa shape index (κ2) is 5.67. The first-order valence-electron chi connectivity index (χ1n) is 6.74. The minimum atomic E-state index is 0.0299. The van der Waals surface area contributed by atoms with Gasteiger partial charge in [0.25, 0.3) is 0 Å². The van der Waals surface area contributed by atoms with E-state index in [0.29, 0.717) is 12.5 Å². The van der Waals surface area contributed by atoms with E-state index in [-0.39, 0.29) is 12.6 Å². The molecule has 2 rings (SSSR count). The molecule has 0 aliphatic heterocycles. The van der Waals surface area contributed by atoms with Gasteiger partial charge in [-0.1, -0.05) is 13.8 Å². The van der Waals surface area contributed by atoms with Crippen molar-refractivity contribution in [2.24, 2.45) is 11.7 Å². The fourth-order valence-electron chi connectivity index (χ4n) is 2.40. The van der Waals surface area contributed by atoms with Crippen molar-refractivity contribution in [2.75, 3.05) is 11.9 Å². The lowest BCUT2D eigenvalue weighted by Gasteiger charge is -2.22. The van der Waals surface area contributed by atoms with E-state index in [1.807, 2.05) is 0 Å². The molecular formula is C14H23N3O. The number of pyridine rings is 1. The summed E-state index contributed by atoms with van der Waals surface area (Å²) in [6, 6.07) is 2.20. The molecular weight excluding hydrogens is 226 g/mol. The Hall–Kier alpha value is -1.13. The number of rotatable bonds is 5. The lowest BCUT2D eigenvalue weighted by atomic mass is 10.0. The van der Waals surface area contributed by atoms with E-state index in [2.05, 4.69) is 25.2 Å². The standard InChI is InChI=1S/C14H23N3O/c1-9(2)13(8-18)17-14-11(7-15)6-10-4-3-5-12(10)16-14/h6,9,13,18H,3-5,7-8,15H2,1-2H3,(H,16,17). The maximum Gasteiger partial charge on any atom is 0.131 e. The van der Waals surface area contributed by atoms with E-state index < -0.39 is 0 Å². The lowest BCUT2D eigenvalue weighted by molar-refractivity contribution is 0.249. The first-order valence-corrected chi connectivity index (χ1v) is 6.74. The third kappa shape index (κ3) is 2.65. The number of aliphatic hydroxyl groups excluding tert-OH is 1. The maximum absolute atomic E-state index is 9.39. The molecule has 4 N–H and O–H groups in total. The summed E-state index contributed by atoms with van der Waals surface area (Å²) in [5.41, 5.74) is 9.38. The molecule has 0 amide bonds. The summed E-state index contributed by atoms with van der Waals surface area (Å²) < 4.78 is 0. The summed E-state index contributed by atoms with van der Waals surface area (Å²) in [5, 5.41) is 12.7. The van der Waals surface area contributed by atoms with Crippen molar-refractivity contribution in [3.05, 3.63) is 22.9 Å². The summed E-state index contributed by atoms with van der Waals surface area (Å²) in [4.78, 5) is 4.69. The number of aryl methyl sites for hydroxylation is 2. The van der Waals surface area contributed by atoms with Gasteiger partial charge in [-0.3, -0.25) is 0 Å². The highest BCUT2D eigenvalue weighted by Crippen LogP contribution is 2.26. The molecule has 0 fully saturated rings. The molecule has 18 heavy (non-hydrogen) atoms. The minimum Gasteiger partial charge on any atom is -0.394 e. The van der Waals surface area contributed by atoms with E-state index >= 15 is 0 Å². The fourth-order valence-corrected chi connectivity index (χ4v) is 2.40. The average Bonchev–Trinajstić information content (AvgIpc) is 2.81. The van der Waals surface area contributed by atoms with E-state index in [4.69, 9.17) is 10.7 Å². The highest BCUT2D eigenvalue weighted by Gasteiger charge is 2.19. The normalized spacial score (nSPS) is 15.8. The summed E-state index contributed by atoms with van der Waals surface area (Å²) >= 11 is 0. The number of hydrogen-bond donors (Lipinski definition) is 3. The van der Waals surface area contributed by atoms with Crippen molar-refractivity contribution < 1.29 is 5.11 Å². The molecule has 100 valence electrons. The van der Waals surface area contributed by atoms with Crippen molar-refractivity contribution in [1.29, 1.82) is 0 Å². The molecule has 1 aromatic rings. The predicted octanol–water partition coefficient (Wildman–Crippen LogP) is 1.46. The van der Waals surface area contributed by atoms with Crippen LogP contribution in [0.25, 0.3) is 0 Å². The molecule has 0 saturated carbocycles. The third-order valence-corrected chi connectivity index (χ3v) is 3.67. The number of aliphatic hydroxyl groups is 1. The molecule has 0 spiro atoms. The van der Waals surface area contributed by atoms with Crippen molar-refractivity contribution in [3.8, 4) is 0 Å². The Morgan fingerprint density at radius 3 is 2.83 bits per heavy atom. The number of nitrogens with zero attached hydrogens (tertiary/aromatic N) is 1. The summed E-state index contributed by atoms with van der Waals surface area (Å²) in [6.45, 7) is 4.77. The third-order valence-electron chi connectivity index (χ3n) is 3.67. The lowest BCUT2D eigenvalue weighted by Crippen LogP contribution is -2.30. The van der Waals surface area contributed by atoms with Gasteiger partial charge in [-0.2, -0.15) is 0 Å². The second-order valence-corrected chi connectivity index (χ2v) is 5.34. The Bertz CT molecular complexity index is 418. The Kier molecular flexibility index (Phi) is 4.19. The molecule has 1 aromatic heterocycles. The zero-order valence-corrected chi connectivity index (χ0v) is 11.2. The molecule has 4 nitrogen and oxygen atoms in total. The van der Waals surface area contributed by atoms with Gasteiger partial charge in [0, 0.05) is 17.8 Å². The van der Waals surface area contributed by atoms with Crippen LogP contribution in [0.2, 0.25) is 0 Å². The van der Waals surface area contributed by atoms with Crippen molar-refractivity contribution in [3.63, 3.8) is 0 Å². The van der Waals surface area contributed by atoms with Crippen molar-refractivity contribution in [2.45, 2.75) is 45.7 Å². The summed E-state index contributed by atoms with van der Waals surface area (Å²) in [5.74, 6) is 1.21. The van der Waals surface area contributed by atoms with Crippen LogP contribution in [0.3, 0.4) is 0 Å². The number of anilines is 1. The van der Waals surface area contributed by atoms with Gasteiger partial charge < -0.3 is 16.2 Å². The number of aromatic nitrogens is 1. The monoisotopic (exact) mass is 249 g/mol. The van der Waals surface area contributed by atoms with Gasteiger partial charge >= 0.3 is 0 Å². The van der Waals surface area contributed by atoms with Gasteiger partial charge in [0.15, 0.2) is 0 Å². The number of nitrogens with one attached hydrogen (secondary N) is 1. The highest BCUT2D eigenvalue weighted by molar-refractivity contribution is 5.49. The van der Waals surface area contributed by atoms with E-state index in [0.717, 1.165) is 24.2 Å². The van der Waals surface area contributed by atoms with Crippen LogP contribution in [0, 0.1) is 5.92 Å². The molecule has 0 bridgehead atoms. The van der Waals surface area contributed by atoms with Crippen LogP contribution < -0.4 is 11.1 Å². The highest BCUT2D eigenvalue weighted by atomic mass is 16.3. The smallest absolute Gasteiger partial charge is 0.131 e. The van der Waals surface area contributed by atoms with Crippen LogP contribution >= 0.6 is 0 Å². The largest absolute Gasteiger partial charge is 0.394 e. The van der Waals surface area contributed by atoms with Crippen LogP contribution in [0.5, 0.6) is 0 Å². The van der Waals surface area contributed by atoms with Gasteiger partial charge in [0.1, 0.15) is 5.82 Å². The Morgan fingerprint density at radius 2 is 2.22 bits per heavy atom. The SMILES string of the molecule is CC(C)C(CO)Nc1nc2c(cc1CN)CCC2. The van der Waals surface area contributed by atoms with Gasteiger partial charge in [-0.05, 0) is 36.8 Å². The number of hydrogen-bond acceptors (Lipinski definition) is 4. The fraction of sp³-hybridized carbons (Fsp3) is 0.643. The maximum atomic E-state index is 9.39. The van der Waals surface area contributed by atoms with Gasteiger partial charge in [0.2, 0.25) is 0 Å². The zero-order chi connectivity index (χ0) is 13.1. The quantitative estimate of drug-likeness (QED) is 0.739. The van der Waals surface area contributed by atoms with Crippen LogP contribution in [0.15, 0.2) is 6.07 Å². The summed E-state index contributed by atoms with van der Waals surface area (Å²) in [7, 11) is 0. The first kappa shape index (κ1) is 13.3. The zero-order valence-electron chi connectivity index (χ0n) is 11.2. The number of fused-ring (bicyclic) bond motifs is 1. The molecule has 0 saturated heterocycles. The van der Waals surface area contributed by atoms with E-state index in [9.17, 15) is 5.11 Å². The number of nitrogens with two attached hydrogens (primary N) is 1.